The first kappa shape index (κ1) is 29.0. The average Bonchev–Trinajstić information content (AvgIpc) is 2.59. The fourth-order valence-corrected chi connectivity index (χ4v) is 1.51. The molecule has 0 saturated heterocycles. The molecule has 0 heterocycles. The summed E-state index contributed by atoms with van der Waals surface area (Å²) >= 11 is 0. The molecule has 0 aromatic heterocycles. The summed E-state index contributed by atoms with van der Waals surface area (Å²) in [6.07, 6.45) is -11.6. The summed E-state index contributed by atoms with van der Waals surface area (Å²) in [6, 6.07) is 0. The van der Waals surface area contributed by atoms with Crippen molar-refractivity contribution in [1.82, 2.24) is 0 Å². The summed E-state index contributed by atoms with van der Waals surface area (Å²) < 4.78 is 223. The normalized spacial score (nSPS) is 16.3. The van der Waals surface area contributed by atoms with Gasteiger partial charge in [0.15, 0.2) is 0 Å². The molecule has 2 nitrogen and oxygen atoms in total. The number of ether oxygens (including phenoxy) is 1. The van der Waals surface area contributed by atoms with Crippen molar-refractivity contribution >= 4 is 5.97 Å². The van der Waals surface area contributed by atoms with E-state index in [4.69, 9.17) is 0 Å². The van der Waals surface area contributed by atoms with Crippen LogP contribution in [0, 0.1) is 0 Å². The van der Waals surface area contributed by atoms with Crippen LogP contribution in [0.3, 0.4) is 0 Å². The highest BCUT2D eigenvalue weighted by Gasteiger charge is 2.94. The van der Waals surface area contributed by atoms with Gasteiger partial charge >= 0.3 is 60.2 Å². The van der Waals surface area contributed by atoms with E-state index in [0.717, 1.165) is 0 Å². The molecule has 0 fully saturated rings. The highest BCUT2D eigenvalue weighted by Crippen LogP contribution is 2.63. The lowest BCUT2D eigenvalue weighted by Crippen LogP contribution is -2.74. The minimum Gasteiger partial charge on any atom is -0.421 e. The topological polar surface area (TPSA) is 26.3 Å². The lowest BCUT2D eigenvalue weighted by atomic mass is 9.89. The number of esters is 1. The summed E-state index contributed by atoms with van der Waals surface area (Å²) in [6.45, 7) is 2.39. The van der Waals surface area contributed by atoms with Gasteiger partial charge in [-0.25, -0.2) is 13.6 Å². The minimum atomic E-state index is -8.66. The fraction of sp³-hybridized carbons (Fsp3) is 0.750. The third-order valence-electron chi connectivity index (χ3n) is 3.36. The van der Waals surface area contributed by atoms with Gasteiger partial charge in [-0.3, -0.25) is 0 Å². The molecule has 0 saturated carbocycles. The van der Waals surface area contributed by atoms with Gasteiger partial charge in [-0.05, 0) is 0 Å². The van der Waals surface area contributed by atoms with Crippen LogP contribution in [0.1, 0.15) is 0 Å². The predicted octanol–water partition coefficient (Wildman–Crippen LogP) is 5.72. The quantitative estimate of drug-likeness (QED) is 0.216. The van der Waals surface area contributed by atoms with Crippen molar-refractivity contribution in [2.45, 2.75) is 54.2 Å². The van der Waals surface area contributed by atoms with Crippen LogP contribution in [0.15, 0.2) is 12.7 Å². The zero-order valence-electron chi connectivity index (χ0n) is 13.7. The van der Waals surface area contributed by atoms with E-state index in [1.54, 1.807) is 0 Å². The molecular formula is C12H5F17O2. The van der Waals surface area contributed by atoms with E-state index in [1.165, 1.54) is 0 Å². The van der Waals surface area contributed by atoms with Gasteiger partial charge in [0.2, 0.25) is 0 Å². The first-order valence-electron chi connectivity index (χ1n) is 6.72. The summed E-state index contributed by atoms with van der Waals surface area (Å²) in [5.74, 6) is -59.6. The Morgan fingerprint density at radius 2 is 0.903 bits per heavy atom. The van der Waals surface area contributed by atoms with Crippen molar-refractivity contribution in [1.29, 1.82) is 0 Å². The van der Waals surface area contributed by atoms with Gasteiger partial charge in [-0.15, -0.1) is 0 Å². The molecule has 1 atom stereocenters. The Bertz CT molecular complexity index is 683. The molecule has 0 N–H and O–H groups in total. The summed E-state index contributed by atoms with van der Waals surface area (Å²) in [4.78, 5) is 10.4. The molecule has 0 amide bonds. The fourth-order valence-electron chi connectivity index (χ4n) is 1.51. The Balaban J connectivity index is 6.62. The molecule has 0 aliphatic heterocycles. The van der Waals surface area contributed by atoms with Crippen molar-refractivity contribution in [3.8, 4) is 0 Å². The Morgan fingerprint density at radius 3 is 1.19 bits per heavy atom. The largest absolute Gasteiger partial charge is 0.421 e. The van der Waals surface area contributed by atoms with E-state index >= 15 is 0 Å². The number of alkyl halides is 17. The second-order valence-electron chi connectivity index (χ2n) is 5.38. The molecular weight excluding hydrogens is 499 g/mol. The van der Waals surface area contributed by atoms with Gasteiger partial charge in [0.25, 0.3) is 0 Å². The third kappa shape index (κ3) is 3.87. The van der Waals surface area contributed by atoms with Crippen molar-refractivity contribution in [3.05, 3.63) is 12.7 Å². The lowest BCUT2D eigenvalue weighted by molar-refractivity contribution is -0.453. The monoisotopic (exact) mass is 504 g/mol. The number of hydrogen-bond acceptors (Lipinski definition) is 2. The molecule has 184 valence electrons. The number of carbonyl (C=O) groups excluding carboxylic acids is 1. The highest BCUT2D eigenvalue weighted by molar-refractivity contribution is 5.81. The van der Waals surface area contributed by atoms with E-state index < -0.39 is 60.2 Å². The van der Waals surface area contributed by atoms with Crippen LogP contribution in [0.2, 0.25) is 0 Å². The van der Waals surface area contributed by atoms with Crippen molar-refractivity contribution < 1.29 is 84.2 Å². The second-order valence-corrected chi connectivity index (χ2v) is 5.38. The van der Waals surface area contributed by atoms with Crippen LogP contribution < -0.4 is 0 Å². The maximum absolute atomic E-state index is 13.3. The van der Waals surface area contributed by atoms with Crippen LogP contribution >= 0.6 is 0 Å². The van der Waals surface area contributed by atoms with Crippen molar-refractivity contribution in [3.63, 3.8) is 0 Å². The molecule has 0 rings (SSSR count). The molecule has 0 aliphatic rings. The summed E-state index contributed by atoms with van der Waals surface area (Å²) in [5, 5.41) is 0. The summed E-state index contributed by atoms with van der Waals surface area (Å²) in [5.41, 5.74) is 0. The van der Waals surface area contributed by atoms with Crippen LogP contribution in [-0.4, -0.2) is 60.2 Å². The maximum atomic E-state index is 13.3. The molecule has 0 radical (unpaired) electrons. The third-order valence-corrected chi connectivity index (χ3v) is 3.36. The molecule has 0 aromatic carbocycles. The van der Waals surface area contributed by atoms with Gasteiger partial charge in [-0.1, -0.05) is 6.58 Å². The van der Waals surface area contributed by atoms with Gasteiger partial charge in [-0.2, -0.15) is 65.9 Å². The highest BCUT2D eigenvalue weighted by atomic mass is 19.4. The van der Waals surface area contributed by atoms with Crippen molar-refractivity contribution in [2.75, 3.05) is 0 Å². The molecule has 0 bridgehead atoms. The Kier molecular flexibility index (Phi) is 7.36. The molecule has 19 heteroatoms. The number of halogens is 17. The van der Waals surface area contributed by atoms with E-state index in [-0.39, 0.29) is 6.08 Å². The Labute approximate surface area is 158 Å². The Morgan fingerprint density at radius 1 is 0.613 bits per heavy atom. The first-order valence-corrected chi connectivity index (χ1v) is 6.72. The number of rotatable bonds is 10. The second kappa shape index (κ2) is 7.86. The zero-order chi connectivity index (χ0) is 25.6. The molecule has 31 heavy (non-hydrogen) atoms. The van der Waals surface area contributed by atoms with Crippen LogP contribution in [0.25, 0.3) is 0 Å². The summed E-state index contributed by atoms with van der Waals surface area (Å²) in [7, 11) is 0. The first-order chi connectivity index (χ1) is 13.3. The SMILES string of the molecule is C=CC(=O)OC(F)C(F)(F)C(F)(F)C(F)(F)C(F)(F)C(F)(F)C(F)(F)C(F)(F)C(F)F. The average molecular weight is 504 g/mol. The van der Waals surface area contributed by atoms with Gasteiger partial charge < -0.3 is 4.74 Å². The number of carbonyl (C=O) groups is 1. The molecule has 0 spiro atoms. The number of hydrogen-bond donors (Lipinski definition) is 0. The standard InChI is InChI=1S/C12H5F17O2/c1-2-3(30)31-5(15)7(18,19)9(22,23)11(26,27)12(28,29)10(24,25)8(20,21)6(16,17)4(13)14/h2,4-5H,1H2. The molecule has 0 aliphatic carbocycles. The van der Waals surface area contributed by atoms with Crippen molar-refractivity contribution in [2.24, 2.45) is 0 Å². The minimum absolute atomic E-state index is 0.269. The molecule has 0 aromatic rings. The van der Waals surface area contributed by atoms with Gasteiger partial charge in [0.1, 0.15) is 0 Å². The maximum Gasteiger partial charge on any atom is 0.385 e. The van der Waals surface area contributed by atoms with Gasteiger partial charge in [0.05, 0.1) is 0 Å². The Hall–Kier alpha value is -1.98. The lowest BCUT2D eigenvalue weighted by Gasteiger charge is -2.42. The zero-order valence-corrected chi connectivity index (χ0v) is 13.7. The van der Waals surface area contributed by atoms with E-state index in [2.05, 4.69) is 11.3 Å². The van der Waals surface area contributed by atoms with Crippen LogP contribution in [0.5, 0.6) is 0 Å². The predicted molar refractivity (Wildman–Crippen MR) is 61.8 cm³/mol. The van der Waals surface area contributed by atoms with Crippen LogP contribution in [0.4, 0.5) is 74.6 Å². The van der Waals surface area contributed by atoms with E-state index in [9.17, 15) is 79.4 Å². The van der Waals surface area contributed by atoms with Gasteiger partial charge in [0, 0.05) is 6.08 Å². The van der Waals surface area contributed by atoms with Crippen LogP contribution in [-0.2, 0) is 9.53 Å². The van der Waals surface area contributed by atoms with E-state index in [0.29, 0.717) is 0 Å². The van der Waals surface area contributed by atoms with E-state index in [1.807, 2.05) is 0 Å². The smallest absolute Gasteiger partial charge is 0.385 e. The molecule has 1 unspecified atom stereocenters.